The zero-order valence-electron chi connectivity index (χ0n) is 10.8. The number of primary amides is 1. The minimum Gasteiger partial charge on any atom is -0.391 e. The van der Waals surface area contributed by atoms with Crippen LogP contribution in [-0.2, 0) is 9.59 Å². The molecule has 2 aliphatic carbocycles. The number of nitrogens with two attached hydrogens (primary N) is 1. The fourth-order valence-electron chi connectivity index (χ4n) is 3.16. The zero-order chi connectivity index (χ0) is 13.3. The van der Waals surface area contributed by atoms with Crippen molar-refractivity contribution in [1.29, 1.82) is 0 Å². The summed E-state index contributed by atoms with van der Waals surface area (Å²) in [7, 11) is 0. The van der Waals surface area contributed by atoms with Crippen LogP contribution in [0.1, 0.15) is 45.4 Å². The van der Waals surface area contributed by atoms with Crippen molar-refractivity contribution in [2.75, 3.05) is 0 Å². The molecular weight excluding hydrogens is 232 g/mol. The van der Waals surface area contributed by atoms with Crippen molar-refractivity contribution in [1.82, 2.24) is 5.32 Å². The number of rotatable bonds is 4. The molecule has 18 heavy (non-hydrogen) atoms. The third kappa shape index (κ3) is 2.42. The number of hydrogen-bond acceptors (Lipinski definition) is 4. The van der Waals surface area contributed by atoms with Gasteiger partial charge in [0.15, 0.2) is 0 Å². The first-order chi connectivity index (χ1) is 8.44. The Hall–Kier alpha value is -0.940. The molecule has 0 aromatic heterocycles. The van der Waals surface area contributed by atoms with Gasteiger partial charge in [0.2, 0.25) is 5.91 Å². The van der Waals surface area contributed by atoms with Gasteiger partial charge >= 0.3 is 0 Å². The van der Waals surface area contributed by atoms with Gasteiger partial charge in [-0.1, -0.05) is 0 Å². The van der Waals surface area contributed by atoms with E-state index in [9.17, 15) is 14.7 Å². The molecule has 2 atom stereocenters. The monoisotopic (exact) mass is 254 g/mol. The van der Waals surface area contributed by atoms with Gasteiger partial charge in [-0.05, 0) is 39.0 Å². The van der Waals surface area contributed by atoms with Crippen LogP contribution in [-0.4, -0.2) is 35.0 Å². The lowest BCUT2D eigenvalue weighted by Crippen LogP contribution is -2.54. The molecule has 0 bridgehead atoms. The molecule has 2 saturated carbocycles. The molecule has 0 radical (unpaired) electrons. The Bertz CT molecular complexity index is 346. The van der Waals surface area contributed by atoms with E-state index in [-0.39, 0.29) is 11.5 Å². The van der Waals surface area contributed by atoms with Crippen LogP contribution in [0.5, 0.6) is 0 Å². The van der Waals surface area contributed by atoms with Gasteiger partial charge in [-0.25, -0.2) is 0 Å². The lowest BCUT2D eigenvalue weighted by molar-refractivity contribution is -0.141. The van der Waals surface area contributed by atoms with Crippen LogP contribution < -0.4 is 11.1 Å². The molecule has 0 aromatic rings. The predicted molar refractivity (Wildman–Crippen MR) is 66.7 cm³/mol. The second kappa shape index (κ2) is 4.97. The molecule has 102 valence electrons. The minimum absolute atomic E-state index is 0.0504. The molecule has 0 aliphatic heterocycles. The predicted octanol–water partition coefficient (Wildman–Crippen LogP) is 0.103. The molecule has 1 unspecified atom stereocenters. The zero-order valence-corrected chi connectivity index (χ0v) is 10.8. The van der Waals surface area contributed by atoms with Crippen LogP contribution in [0.25, 0.3) is 0 Å². The third-order valence-electron chi connectivity index (χ3n) is 4.57. The topological polar surface area (TPSA) is 92.4 Å². The third-order valence-corrected chi connectivity index (χ3v) is 4.57. The maximum absolute atomic E-state index is 11.6. The lowest BCUT2D eigenvalue weighted by atomic mass is 9.59. The van der Waals surface area contributed by atoms with E-state index in [0.717, 1.165) is 38.5 Å². The second-order valence-corrected chi connectivity index (χ2v) is 5.77. The highest BCUT2D eigenvalue weighted by atomic mass is 16.3. The van der Waals surface area contributed by atoms with Crippen molar-refractivity contribution in [2.45, 2.75) is 63.6 Å². The molecule has 5 heteroatoms. The van der Waals surface area contributed by atoms with E-state index in [1.54, 1.807) is 6.92 Å². The van der Waals surface area contributed by atoms with Crippen LogP contribution in [0.3, 0.4) is 0 Å². The largest absolute Gasteiger partial charge is 0.391 e. The summed E-state index contributed by atoms with van der Waals surface area (Å²) >= 11 is 0. The van der Waals surface area contributed by atoms with Crippen molar-refractivity contribution in [2.24, 2.45) is 11.1 Å². The van der Waals surface area contributed by atoms with Gasteiger partial charge in [-0.3, -0.25) is 9.59 Å². The Balaban J connectivity index is 1.86. The molecule has 4 N–H and O–H groups in total. The molecule has 0 saturated heterocycles. The highest BCUT2D eigenvalue weighted by Gasteiger charge is 2.47. The number of amides is 1. The first-order valence-electron chi connectivity index (χ1n) is 6.71. The average Bonchev–Trinajstić information content (AvgIpc) is 2.34. The molecule has 2 rings (SSSR count). The van der Waals surface area contributed by atoms with Crippen molar-refractivity contribution in [3.63, 3.8) is 0 Å². The van der Waals surface area contributed by atoms with Gasteiger partial charge < -0.3 is 16.2 Å². The first-order valence-corrected chi connectivity index (χ1v) is 6.71. The number of carbonyl (C=O) groups excluding carboxylic acids is 2. The maximum Gasteiger partial charge on any atom is 0.237 e. The number of hydrogen-bond donors (Lipinski definition) is 3. The summed E-state index contributed by atoms with van der Waals surface area (Å²) in [4.78, 5) is 22.8. The van der Waals surface area contributed by atoms with Gasteiger partial charge in [0.25, 0.3) is 0 Å². The highest BCUT2D eigenvalue weighted by Crippen LogP contribution is 2.48. The molecule has 2 aliphatic rings. The van der Waals surface area contributed by atoms with Crippen LogP contribution >= 0.6 is 0 Å². The van der Waals surface area contributed by atoms with E-state index in [4.69, 9.17) is 5.73 Å². The Morgan fingerprint density at radius 2 is 2.06 bits per heavy atom. The summed E-state index contributed by atoms with van der Waals surface area (Å²) in [5.41, 5.74) is 5.20. The summed E-state index contributed by atoms with van der Waals surface area (Å²) in [5, 5.41) is 12.6. The van der Waals surface area contributed by atoms with Crippen molar-refractivity contribution in [3.8, 4) is 0 Å². The summed E-state index contributed by atoms with van der Waals surface area (Å²) in [6, 6.07) is -0.516. The first kappa shape index (κ1) is 13.5. The number of aliphatic hydroxyl groups excluding tert-OH is 1. The standard InChI is InChI=1S/C13H22N2O3/c1-8(16)11(12(14)18)15-9-2-5-13(6-3-9)7-4-10(13)17/h8-9,11,15-16H,2-7H2,1H3,(H2,14,18)/t8-,9?,11?,13?/m1/s1. The molecule has 1 spiro atoms. The van der Waals surface area contributed by atoms with Gasteiger partial charge in [-0.2, -0.15) is 0 Å². The fourth-order valence-corrected chi connectivity index (χ4v) is 3.16. The average molecular weight is 254 g/mol. The van der Waals surface area contributed by atoms with E-state index in [1.807, 2.05) is 0 Å². The maximum atomic E-state index is 11.6. The number of aliphatic hydroxyl groups is 1. The number of ketones is 1. The molecule has 0 heterocycles. The quantitative estimate of drug-likeness (QED) is 0.663. The van der Waals surface area contributed by atoms with Gasteiger partial charge in [-0.15, -0.1) is 0 Å². The van der Waals surface area contributed by atoms with E-state index in [1.165, 1.54) is 0 Å². The van der Waals surface area contributed by atoms with Crippen LogP contribution in [0.2, 0.25) is 0 Å². The van der Waals surface area contributed by atoms with Gasteiger partial charge in [0.1, 0.15) is 11.8 Å². The Labute approximate surface area is 107 Å². The molecule has 2 fully saturated rings. The van der Waals surface area contributed by atoms with E-state index in [2.05, 4.69) is 5.32 Å². The number of carbonyl (C=O) groups is 2. The van der Waals surface area contributed by atoms with Crippen LogP contribution in [0, 0.1) is 5.41 Å². The molecule has 1 amide bonds. The summed E-state index contributed by atoms with van der Waals surface area (Å²) in [5.74, 6) is -0.118. The minimum atomic E-state index is -0.788. The highest BCUT2D eigenvalue weighted by molar-refractivity contribution is 5.90. The second-order valence-electron chi connectivity index (χ2n) is 5.77. The van der Waals surface area contributed by atoms with Crippen molar-refractivity contribution >= 4 is 11.7 Å². The van der Waals surface area contributed by atoms with Crippen molar-refractivity contribution < 1.29 is 14.7 Å². The number of Topliss-reactive ketones (excluding diaryl/α,β-unsaturated/α-hetero) is 1. The normalized spacial score (nSPS) is 35.0. The van der Waals surface area contributed by atoms with Gasteiger partial charge in [0.05, 0.1) is 6.10 Å². The van der Waals surface area contributed by atoms with E-state index in [0.29, 0.717) is 5.78 Å². The Morgan fingerprint density at radius 1 is 1.44 bits per heavy atom. The summed E-state index contributed by atoms with van der Waals surface area (Å²) in [6.45, 7) is 1.56. The van der Waals surface area contributed by atoms with Gasteiger partial charge in [0, 0.05) is 17.9 Å². The molecule has 0 aromatic carbocycles. The van der Waals surface area contributed by atoms with Crippen LogP contribution in [0.15, 0.2) is 0 Å². The molecule has 5 nitrogen and oxygen atoms in total. The van der Waals surface area contributed by atoms with Crippen molar-refractivity contribution in [3.05, 3.63) is 0 Å². The summed E-state index contributed by atoms with van der Waals surface area (Å²) in [6.07, 6.45) is 4.52. The Kier molecular flexibility index (Phi) is 3.73. The lowest BCUT2D eigenvalue weighted by Gasteiger charge is -2.45. The Morgan fingerprint density at radius 3 is 2.39 bits per heavy atom. The molecular formula is C13H22N2O3. The van der Waals surface area contributed by atoms with Crippen LogP contribution in [0.4, 0.5) is 0 Å². The fraction of sp³-hybridized carbons (Fsp3) is 0.846. The number of nitrogens with one attached hydrogen (secondary N) is 1. The summed E-state index contributed by atoms with van der Waals surface area (Å²) < 4.78 is 0. The SMILES string of the molecule is C[C@@H](O)C(NC1CCC2(CCC2=O)CC1)C(N)=O. The van der Waals surface area contributed by atoms with E-state index < -0.39 is 18.1 Å². The van der Waals surface area contributed by atoms with E-state index >= 15 is 0 Å². The smallest absolute Gasteiger partial charge is 0.237 e.